The molecule has 1 aromatic carbocycles. The van der Waals surface area contributed by atoms with Gasteiger partial charge in [0.05, 0.1) is 11.7 Å². The van der Waals surface area contributed by atoms with Crippen LogP contribution in [0, 0.1) is 0 Å². The number of hydrogen-bond donors (Lipinski definition) is 1. The van der Waals surface area contributed by atoms with Gasteiger partial charge in [-0.2, -0.15) is 4.98 Å². The van der Waals surface area contributed by atoms with E-state index in [1.165, 1.54) is 30.2 Å². The summed E-state index contributed by atoms with van der Waals surface area (Å²) in [4.78, 5) is 27.7. The number of nitrogens with zero attached hydrogens (tertiary/aromatic N) is 4. The zero-order valence-electron chi connectivity index (χ0n) is 15.9. The highest BCUT2D eigenvalue weighted by Gasteiger charge is 2.20. The van der Waals surface area contributed by atoms with Crippen molar-refractivity contribution in [3.8, 4) is 0 Å². The Kier molecular flexibility index (Phi) is 5.28. The third-order valence-electron chi connectivity index (χ3n) is 4.90. The molecule has 3 heterocycles. The molecule has 142 valence electrons. The van der Waals surface area contributed by atoms with Gasteiger partial charge in [0.2, 0.25) is 11.9 Å². The molecule has 0 unspecified atom stereocenters. The molecule has 6 nitrogen and oxygen atoms in total. The lowest BCUT2D eigenvalue weighted by Crippen LogP contribution is -2.24. The van der Waals surface area contributed by atoms with Gasteiger partial charge in [-0.15, -0.1) is 0 Å². The van der Waals surface area contributed by atoms with Crippen molar-refractivity contribution in [2.75, 3.05) is 16.8 Å². The Morgan fingerprint density at radius 3 is 2.93 bits per heavy atom. The predicted molar refractivity (Wildman–Crippen MR) is 112 cm³/mol. The van der Waals surface area contributed by atoms with E-state index in [2.05, 4.69) is 44.5 Å². The molecule has 6 heteroatoms. The fraction of sp³-hybridized carbons (Fsp3) is 0.273. The van der Waals surface area contributed by atoms with Gasteiger partial charge in [0.1, 0.15) is 5.82 Å². The van der Waals surface area contributed by atoms with Gasteiger partial charge in [0.25, 0.3) is 0 Å². The average Bonchev–Trinajstić information content (AvgIpc) is 2.68. The molecule has 4 rings (SSSR count). The van der Waals surface area contributed by atoms with Crippen LogP contribution in [0.15, 0.2) is 54.9 Å². The molecule has 0 spiro atoms. The fourth-order valence-corrected chi connectivity index (χ4v) is 3.62. The molecule has 0 fully saturated rings. The molecular formula is C22H23N5O. The number of rotatable bonds is 3. The van der Waals surface area contributed by atoms with Gasteiger partial charge in [0, 0.05) is 23.8 Å². The number of para-hydroxylation sites is 1. The number of aromatic nitrogens is 3. The monoisotopic (exact) mass is 373 g/mol. The van der Waals surface area contributed by atoms with Crippen LogP contribution in [0.5, 0.6) is 0 Å². The molecular weight excluding hydrogens is 350 g/mol. The molecule has 1 aliphatic heterocycles. The number of carbonyl (C=O) groups is 1. The zero-order valence-corrected chi connectivity index (χ0v) is 15.9. The first kappa shape index (κ1) is 18.1. The van der Waals surface area contributed by atoms with Crippen LogP contribution in [0.4, 0.5) is 17.5 Å². The van der Waals surface area contributed by atoms with Crippen LogP contribution >= 0.6 is 0 Å². The van der Waals surface area contributed by atoms with Crippen molar-refractivity contribution >= 4 is 34.3 Å². The van der Waals surface area contributed by atoms with Crippen molar-refractivity contribution in [2.45, 2.75) is 32.6 Å². The normalized spacial score (nSPS) is 14.5. The summed E-state index contributed by atoms with van der Waals surface area (Å²) in [5, 5.41) is 3.69. The molecule has 3 aromatic rings. The van der Waals surface area contributed by atoms with Crippen molar-refractivity contribution in [3.05, 3.63) is 60.4 Å². The number of anilines is 3. The summed E-state index contributed by atoms with van der Waals surface area (Å²) in [5.74, 6) is 0.848. The Morgan fingerprint density at radius 1 is 1.14 bits per heavy atom. The molecule has 0 atom stereocenters. The highest BCUT2D eigenvalue weighted by atomic mass is 16.1. The van der Waals surface area contributed by atoms with E-state index in [1.54, 1.807) is 25.4 Å². The summed E-state index contributed by atoms with van der Waals surface area (Å²) in [6, 6.07) is 10.4. The molecule has 0 bridgehead atoms. The minimum atomic E-state index is -0.246. The number of benzene rings is 1. The van der Waals surface area contributed by atoms with E-state index in [1.807, 2.05) is 6.07 Å². The maximum absolute atomic E-state index is 12.0. The van der Waals surface area contributed by atoms with Gasteiger partial charge in [-0.3, -0.25) is 15.1 Å². The van der Waals surface area contributed by atoms with Gasteiger partial charge in [-0.25, -0.2) is 4.98 Å². The van der Waals surface area contributed by atoms with Crippen LogP contribution in [0.2, 0.25) is 0 Å². The van der Waals surface area contributed by atoms with Crippen LogP contribution in [0.3, 0.4) is 0 Å². The first-order valence-corrected chi connectivity index (χ1v) is 9.67. The summed E-state index contributed by atoms with van der Waals surface area (Å²) < 4.78 is 0. The predicted octanol–water partition coefficient (Wildman–Crippen LogP) is 4.40. The fourth-order valence-electron chi connectivity index (χ4n) is 3.62. The lowest BCUT2D eigenvalue weighted by atomic mass is 10.0. The maximum Gasteiger partial charge on any atom is 0.250 e. The first-order valence-electron chi connectivity index (χ1n) is 9.67. The lowest BCUT2D eigenvalue weighted by molar-refractivity contribution is -0.111. The molecule has 0 aliphatic carbocycles. The maximum atomic E-state index is 12.0. The van der Waals surface area contributed by atoms with Crippen LogP contribution in [0.1, 0.15) is 31.7 Å². The number of nitrogens with one attached hydrogen (secondary N) is 1. The summed E-state index contributed by atoms with van der Waals surface area (Å²) in [7, 11) is 0. The van der Waals surface area contributed by atoms with Crippen molar-refractivity contribution in [1.29, 1.82) is 0 Å². The number of carbonyl (C=O) groups excluding carboxylic acids is 1. The quantitative estimate of drug-likeness (QED) is 0.689. The third-order valence-corrected chi connectivity index (χ3v) is 4.90. The first-order chi connectivity index (χ1) is 13.8. The summed E-state index contributed by atoms with van der Waals surface area (Å²) in [6.07, 6.45) is 11.1. The van der Waals surface area contributed by atoms with Gasteiger partial charge >= 0.3 is 0 Å². The minimum absolute atomic E-state index is 0.246. The molecule has 0 radical (unpaired) electrons. The number of fused-ring (bicyclic) bond motifs is 2. The smallest absolute Gasteiger partial charge is 0.250 e. The second kappa shape index (κ2) is 8.17. The average molecular weight is 373 g/mol. The van der Waals surface area contributed by atoms with E-state index >= 15 is 0 Å². The topological polar surface area (TPSA) is 71.0 Å². The molecule has 0 saturated carbocycles. The van der Waals surface area contributed by atoms with Crippen LogP contribution < -0.4 is 10.2 Å². The molecule has 0 saturated heterocycles. The van der Waals surface area contributed by atoms with Crippen LogP contribution in [0.25, 0.3) is 10.9 Å². The molecule has 1 amide bonds. The van der Waals surface area contributed by atoms with Gasteiger partial charge in [0.15, 0.2) is 0 Å². The Balaban J connectivity index is 1.86. The number of pyridine rings is 1. The molecule has 28 heavy (non-hydrogen) atoms. The second-order valence-electron chi connectivity index (χ2n) is 6.84. The number of allylic oxidation sites excluding steroid dienone is 1. The van der Waals surface area contributed by atoms with E-state index in [0.29, 0.717) is 5.52 Å². The zero-order chi connectivity index (χ0) is 19.3. The van der Waals surface area contributed by atoms with E-state index in [4.69, 9.17) is 4.98 Å². The Hall–Kier alpha value is -3.28. The lowest BCUT2D eigenvalue weighted by Gasteiger charge is -2.29. The summed E-state index contributed by atoms with van der Waals surface area (Å²) in [5.41, 5.74) is 3.20. The number of aryl methyl sites for hydroxylation is 1. The SMILES string of the molecule is CC=CC(=O)Nc1nc(N2CCCCCc3ccccc32)c2ccncc2n1. The van der Waals surface area contributed by atoms with Gasteiger partial charge in [-0.05, 0) is 50.0 Å². The van der Waals surface area contributed by atoms with Crippen molar-refractivity contribution in [3.63, 3.8) is 0 Å². The van der Waals surface area contributed by atoms with Crippen molar-refractivity contribution in [1.82, 2.24) is 15.0 Å². The largest absolute Gasteiger partial charge is 0.325 e. The summed E-state index contributed by atoms with van der Waals surface area (Å²) >= 11 is 0. The Bertz CT molecular complexity index is 1030. The van der Waals surface area contributed by atoms with Gasteiger partial charge < -0.3 is 4.90 Å². The van der Waals surface area contributed by atoms with E-state index in [0.717, 1.165) is 30.6 Å². The number of amides is 1. The minimum Gasteiger partial charge on any atom is -0.325 e. The highest BCUT2D eigenvalue weighted by Crippen LogP contribution is 2.35. The Morgan fingerprint density at radius 2 is 2.04 bits per heavy atom. The highest BCUT2D eigenvalue weighted by molar-refractivity contribution is 5.99. The van der Waals surface area contributed by atoms with E-state index in [-0.39, 0.29) is 11.9 Å². The molecule has 1 N–H and O–H groups in total. The van der Waals surface area contributed by atoms with Crippen molar-refractivity contribution in [2.24, 2.45) is 0 Å². The second-order valence-corrected chi connectivity index (χ2v) is 6.84. The molecule has 2 aromatic heterocycles. The van der Waals surface area contributed by atoms with Gasteiger partial charge in [-0.1, -0.05) is 30.7 Å². The standard InChI is InChI=1S/C22H23N5O/c1-2-8-20(28)25-22-24-18-15-23-13-12-17(18)21(26-22)27-14-7-3-4-9-16-10-5-6-11-19(16)27/h2,5-6,8,10-13,15H,3-4,7,9,14H2,1H3,(H,24,25,26,28). The van der Waals surface area contributed by atoms with Crippen molar-refractivity contribution < 1.29 is 4.79 Å². The van der Waals surface area contributed by atoms with Crippen LogP contribution in [-0.2, 0) is 11.2 Å². The van der Waals surface area contributed by atoms with E-state index in [9.17, 15) is 4.79 Å². The Labute approximate surface area is 164 Å². The van der Waals surface area contributed by atoms with Crippen LogP contribution in [-0.4, -0.2) is 27.4 Å². The third kappa shape index (κ3) is 3.71. The summed E-state index contributed by atoms with van der Waals surface area (Å²) in [6.45, 7) is 2.67. The van der Waals surface area contributed by atoms with E-state index < -0.39 is 0 Å². The molecule has 1 aliphatic rings. The number of hydrogen-bond acceptors (Lipinski definition) is 5.